The Hall–Kier alpha value is -7.22. The highest BCUT2D eigenvalue weighted by Crippen LogP contribution is 2.60. The fraction of sp³-hybridized carbons (Fsp3) is 0.229. The van der Waals surface area contributed by atoms with Crippen LogP contribution in [0.2, 0.25) is 0 Å². The number of fused-ring (bicyclic) bond motifs is 6. The maximum absolute atomic E-state index is 2.56. The van der Waals surface area contributed by atoms with Crippen molar-refractivity contribution in [1.82, 2.24) is 0 Å². The van der Waals surface area contributed by atoms with Gasteiger partial charge in [0.15, 0.2) is 0 Å². The molecule has 0 spiro atoms. The fourth-order valence-electron chi connectivity index (χ4n) is 11.8. The van der Waals surface area contributed by atoms with E-state index < -0.39 is 5.41 Å². The number of anilines is 3. The second-order valence-electron chi connectivity index (χ2n) is 23.9. The first-order chi connectivity index (χ1) is 33.8. The third-order valence-electron chi connectivity index (χ3n) is 15.8. The minimum absolute atomic E-state index is 0.0451. The lowest BCUT2D eigenvalue weighted by molar-refractivity contribution is 0.586. The molecule has 1 nitrogen and oxygen atoms in total. The Labute approximate surface area is 423 Å². The highest BCUT2D eigenvalue weighted by Gasteiger charge is 2.48. The van der Waals surface area contributed by atoms with Crippen molar-refractivity contribution >= 4 is 17.1 Å². The molecule has 0 aromatic heterocycles. The van der Waals surface area contributed by atoms with Crippen molar-refractivity contribution in [3.8, 4) is 44.5 Å². The lowest BCUT2D eigenvalue weighted by Gasteiger charge is -2.36. The standard InChI is InChI=1S/C70H67N/c1-66(2,3)51-33-37-59-63(43-51)70(49-25-17-13-18-26-49,50-27-19-14-20-28-50)64-44-53(68(7,8)9)42-60(65(59)64)48-39-52(67(4,5)6)41-56(40-48)71(54-34-31-47(32-35-54)46-23-15-12-16-24-46)55-36-38-58-57-29-21-22-30-61(57)69(10,11)62(58)45-55/h12-45H,1-11H3. The molecule has 0 amide bonds. The van der Waals surface area contributed by atoms with Crippen molar-refractivity contribution < 1.29 is 0 Å². The van der Waals surface area contributed by atoms with E-state index in [1.165, 1.54) is 94.6 Å². The minimum atomic E-state index is -0.559. The van der Waals surface area contributed by atoms with Gasteiger partial charge in [-0.1, -0.05) is 240 Å². The Morgan fingerprint density at radius 1 is 0.310 bits per heavy atom. The van der Waals surface area contributed by atoms with Gasteiger partial charge in [-0.3, -0.25) is 0 Å². The Balaban J connectivity index is 1.22. The van der Waals surface area contributed by atoms with Crippen LogP contribution in [0.4, 0.5) is 17.1 Å². The predicted molar refractivity (Wildman–Crippen MR) is 303 cm³/mol. The van der Waals surface area contributed by atoms with Gasteiger partial charge in [0.05, 0.1) is 5.41 Å². The zero-order valence-electron chi connectivity index (χ0n) is 43.6. The first kappa shape index (κ1) is 46.2. The molecule has 1 heteroatoms. The molecule has 9 aromatic rings. The molecular weight excluding hydrogens is 855 g/mol. The first-order valence-electron chi connectivity index (χ1n) is 25.7. The summed E-state index contributed by atoms with van der Waals surface area (Å²) in [5.74, 6) is 0. The second kappa shape index (κ2) is 16.7. The van der Waals surface area contributed by atoms with E-state index in [-0.39, 0.29) is 21.7 Å². The Kier molecular flexibility index (Phi) is 10.9. The smallest absolute Gasteiger partial charge is 0.0713 e. The van der Waals surface area contributed by atoms with Crippen molar-refractivity contribution in [2.24, 2.45) is 0 Å². The highest BCUT2D eigenvalue weighted by atomic mass is 15.1. The Morgan fingerprint density at radius 3 is 1.44 bits per heavy atom. The monoisotopic (exact) mass is 922 g/mol. The first-order valence-corrected chi connectivity index (χ1v) is 25.7. The maximum atomic E-state index is 2.56. The number of hydrogen-bond donors (Lipinski definition) is 0. The number of hydrogen-bond acceptors (Lipinski definition) is 1. The predicted octanol–water partition coefficient (Wildman–Crippen LogP) is 19.1. The number of rotatable bonds is 7. The van der Waals surface area contributed by atoms with Gasteiger partial charge in [-0.05, 0) is 153 Å². The molecule has 0 fully saturated rings. The van der Waals surface area contributed by atoms with Crippen LogP contribution in [0.1, 0.15) is 126 Å². The fourth-order valence-corrected chi connectivity index (χ4v) is 11.8. The average molecular weight is 922 g/mol. The van der Waals surface area contributed by atoms with Gasteiger partial charge in [-0.15, -0.1) is 0 Å². The van der Waals surface area contributed by atoms with E-state index in [4.69, 9.17) is 0 Å². The molecule has 11 rings (SSSR count). The molecule has 0 saturated carbocycles. The molecule has 2 aliphatic carbocycles. The third kappa shape index (κ3) is 7.68. The van der Waals surface area contributed by atoms with Gasteiger partial charge < -0.3 is 4.90 Å². The van der Waals surface area contributed by atoms with Gasteiger partial charge >= 0.3 is 0 Å². The molecule has 0 heterocycles. The molecule has 0 aliphatic heterocycles. The number of benzene rings is 9. The summed E-state index contributed by atoms with van der Waals surface area (Å²) in [7, 11) is 0. The van der Waals surface area contributed by atoms with Crippen LogP contribution in [-0.2, 0) is 27.1 Å². The van der Waals surface area contributed by atoms with E-state index in [9.17, 15) is 0 Å². The van der Waals surface area contributed by atoms with Gasteiger partial charge in [0, 0.05) is 22.5 Å². The van der Waals surface area contributed by atoms with Crippen LogP contribution < -0.4 is 4.90 Å². The van der Waals surface area contributed by atoms with E-state index >= 15 is 0 Å². The van der Waals surface area contributed by atoms with Crippen LogP contribution >= 0.6 is 0 Å². The van der Waals surface area contributed by atoms with E-state index in [1.807, 2.05) is 0 Å². The normalized spacial score (nSPS) is 14.4. The van der Waals surface area contributed by atoms with E-state index in [0.717, 1.165) is 17.1 Å². The molecule has 0 atom stereocenters. The van der Waals surface area contributed by atoms with Gasteiger partial charge in [0.2, 0.25) is 0 Å². The molecule has 71 heavy (non-hydrogen) atoms. The van der Waals surface area contributed by atoms with Crippen molar-refractivity contribution in [3.63, 3.8) is 0 Å². The number of nitrogens with zero attached hydrogens (tertiary/aromatic N) is 1. The summed E-state index contributed by atoms with van der Waals surface area (Å²) in [6, 6.07) is 78.6. The molecule has 352 valence electrons. The van der Waals surface area contributed by atoms with Crippen molar-refractivity contribution in [1.29, 1.82) is 0 Å². The Morgan fingerprint density at radius 2 is 0.817 bits per heavy atom. The highest BCUT2D eigenvalue weighted by molar-refractivity contribution is 5.97. The van der Waals surface area contributed by atoms with Crippen molar-refractivity contribution in [2.75, 3.05) is 4.90 Å². The Bertz CT molecular complexity index is 3420. The largest absolute Gasteiger partial charge is 0.310 e. The van der Waals surface area contributed by atoms with Crippen LogP contribution in [0, 0.1) is 0 Å². The summed E-state index contributed by atoms with van der Waals surface area (Å²) >= 11 is 0. The van der Waals surface area contributed by atoms with Gasteiger partial charge in [0.25, 0.3) is 0 Å². The topological polar surface area (TPSA) is 3.24 Å². The second-order valence-corrected chi connectivity index (χ2v) is 23.9. The van der Waals surface area contributed by atoms with Gasteiger partial charge in [0.1, 0.15) is 0 Å². The lowest BCUT2D eigenvalue weighted by Crippen LogP contribution is -2.29. The quantitative estimate of drug-likeness (QED) is 0.154. The van der Waals surface area contributed by atoms with Crippen LogP contribution in [0.3, 0.4) is 0 Å². The van der Waals surface area contributed by atoms with Crippen LogP contribution in [0.15, 0.2) is 206 Å². The van der Waals surface area contributed by atoms with Gasteiger partial charge in [-0.2, -0.15) is 0 Å². The van der Waals surface area contributed by atoms with E-state index in [2.05, 4.69) is 287 Å². The zero-order valence-corrected chi connectivity index (χ0v) is 43.6. The maximum Gasteiger partial charge on any atom is 0.0713 e. The van der Waals surface area contributed by atoms with Crippen LogP contribution in [0.25, 0.3) is 44.5 Å². The summed E-state index contributed by atoms with van der Waals surface area (Å²) < 4.78 is 0. The summed E-state index contributed by atoms with van der Waals surface area (Å²) in [5, 5.41) is 0. The van der Waals surface area contributed by atoms with Crippen LogP contribution in [0.5, 0.6) is 0 Å². The van der Waals surface area contributed by atoms with Crippen molar-refractivity contribution in [3.05, 3.63) is 256 Å². The molecule has 0 saturated heterocycles. The van der Waals surface area contributed by atoms with E-state index in [1.54, 1.807) is 0 Å². The molecule has 0 unspecified atom stereocenters. The van der Waals surface area contributed by atoms with E-state index in [0.29, 0.717) is 0 Å². The summed E-state index contributed by atoms with van der Waals surface area (Å²) in [4.78, 5) is 2.52. The third-order valence-corrected chi connectivity index (χ3v) is 15.8. The molecule has 9 aromatic carbocycles. The average Bonchev–Trinajstić information content (AvgIpc) is 3.79. The summed E-state index contributed by atoms with van der Waals surface area (Å²) in [6.07, 6.45) is 0. The van der Waals surface area contributed by atoms with Crippen molar-refractivity contribution in [2.45, 2.75) is 103 Å². The lowest BCUT2D eigenvalue weighted by atomic mass is 9.66. The summed E-state index contributed by atoms with van der Waals surface area (Å²) in [5.41, 5.74) is 24.5. The van der Waals surface area contributed by atoms with Crippen LogP contribution in [-0.4, -0.2) is 0 Å². The molecule has 0 radical (unpaired) electrons. The zero-order chi connectivity index (χ0) is 49.7. The SMILES string of the molecule is CC(C)(C)c1cc(-c2cc(C(C)(C)C)cc3c2-c2ccc(C(C)(C)C)cc2C3(c2ccccc2)c2ccccc2)cc(N(c2ccc(-c3ccccc3)cc2)c2ccc3c(c2)C(C)(C)c2ccccc2-3)c1. The molecule has 0 bridgehead atoms. The summed E-state index contributed by atoms with van der Waals surface area (Å²) in [6.45, 7) is 26.0. The molecular formula is C70H67N. The molecule has 0 N–H and O–H groups in total. The molecule has 2 aliphatic rings. The van der Waals surface area contributed by atoms with Gasteiger partial charge in [-0.25, -0.2) is 0 Å². The minimum Gasteiger partial charge on any atom is -0.310 e.